The smallest absolute Gasteiger partial charge is 0.248 e. The summed E-state index contributed by atoms with van der Waals surface area (Å²) in [7, 11) is 0. The molecule has 2 aliphatic carbocycles. The predicted octanol–water partition coefficient (Wildman–Crippen LogP) is 2.76. The van der Waals surface area contributed by atoms with Gasteiger partial charge < -0.3 is 10.2 Å². The van der Waals surface area contributed by atoms with Gasteiger partial charge in [0, 0.05) is 18.5 Å². The van der Waals surface area contributed by atoms with Crippen molar-refractivity contribution < 1.29 is 9.59 Å². The van der Waals surface area contributed by atoms with E-state index in [1.54, 1.807) is 0 Å². The lowest BCUT2D eigenvalue weighted by molar-refractivity contribution is -0.146. The van der Waals surface area contributed by atoms with Gasteiger partial charge >= 0.3 is 0 Å². The number of carbonyl (C=O) groups excluding carboxylic acids is 2. The Balaban J connectivity index is 1.89. The molecule has 1 saturated heterocycles. The van der Waals surface area contributed by atoms with Crippen molar-refractivity contribution >= 4 is 11.8 Å². The van der Waals surface area contributed by atoms with Gasteiger partial charge in [-0.1, -0.05) is 38.5 Å². The molecule has 2 amide bonds. The van der Waals surface area contributed by atoms with Crippen LogP contribution in [0, 0.1) is 0 Å². The van der Waals surface area contributed by atoms with Gasteiger partial charge in [-0.05, 0) is 32.6 Å². The first-order valence-corrected chi connectivity index (χ1v) is 8.69. The van der Waals surface area contributed by atoms with E-state index >= 15 is 0 Å². The molecule has 0 unspecified atom stereocenters. The van der Waals surface area contributed by atoms with Gasteiger partial charge in [0.05, 0.1) is 0 Å². The summed E-state index contributed by atoms with van der Waals surface area (Å²) in [4.78, 5) is 27.5. The monoisotopic (exact) mass is 292 g/mol. The quantitative estimate of drug-likeness (QED) is 0.808. The zero-order valence-corrected chi connectivity index (χ0v) is 13.2. The molecule has 0 aromatic carbocycles. The van der Waals surface area contributed by atoms with E-state index in [1.165, 1.54) is 25.7 Å². The summed E-state index contributed by atoms with van der Waals surface area (Å²) in [5.74, 6) is 0.268. The van der Waals surface area contributed by atoms with Crippen LogP contribution < -0.4 is 5.32 Å². The van der Waals surface area contributed by atoms with Crippen molar-refractivity contribution in [3.63, 3.8) is 0 Å². The summed E-state index contributed by atoms with van der Waals surface area (Å²) in [6, 6.07) is 0. The summed E-state index contributed by atoms with van der Waals surface area (Å²) in [6.07, 6.45) is 11.3. The topological polar surface area (TPSA) is 49.4 Å². The third-order valence-corrected chi connectivity index (χ3v) is 5.89. The molecule has 21 heavy (non-hydrogen) atoms. The van der Waals surface area contributed by atoms with E-state index in [-0.39, 0.29) is 17.4 Å². The highest BCUT2D eigenvalue weighted by Gasteiger charge is 2.49. The highest BCUT2D eigenvalue weighted by molar-refractivity contribution is 5.94. The molecule has 4 heteroatoms. The molecule has 1 heterocycles. The summed E-state index contributed by atoms with van der Waals surface area (Å²) in [5.41, 5.74) is -0.627. The Bertz CT molecular complexity index is 421. The van der Waals surface area contributed by atoms with E-state index in [1.807, 2.05) is 0 Å². The van der Waals surface area contributed by atoms with Crippen LogP contribution in [0.1, 0.15) is 77.6 Å². The Morgan fingerprint density at radius 3 is 2.10 bits per heavy atom. The lowest BCUT2D eigenvalue weighted by Gasteiger charge is -2.47. The van der Waals surface area contributed by atoms with Gasteiger partial charge in [-0.15, -0.1) is 0 Å². The normalized spacial score (nSPS) is 29.1. The first-order valence-electron chi connectivity index (χ1n) is 8.69. The zero-order valence-electron chi connectivity index (χ0n) is 13.2. The Hall–Kier alpha value is -1.06. The fourth-order valence-electron chi connectivity index (χ4n) is 4.55. The number of amides is 2. The molecule has 0 radical (unpaired) electrons. The highest BCUT2D eigenvalue weighted by atomic mass is 16.2. The van der Waals surface area contributed by atoms with Crippen LogP contribution in [0.3, 0.4) is 0 Å². The molecule has 1 N–H and O–H groups in total. The minimum atomic E-state index is -0.591. The largest absolute Gasteiger partial charge is 0.342 e. The average Bonchev–Trinajstić information content (AvgIpc) is 2.59. The van der Waals surface area contributed by atoms with E-state index in [0.717, 1.165) is 38.5 Å². The lowest BCUT2D eigenvalue weighted by atomic mass is 9.77. The second-order valence-electron chi connectivity index (χ2n) is 7.46. The van der Waals surface area contributed by atoms with Crippen LogP contribution in [-0.4, -0.2) is 34.3 Å². The molecule has 3 aliphatic rings. The molecule has 3 rings (SSSR count). The standard InChI is InChI=1S/C17H28N2O2/c1-16(9-4-2-5-10-16)19-13-8-14(20)18-17(15(19)21)11-6-3-7-12-17/h2-13H2,1H3,(H,18,20). The van der Waals surface area contributed by atoms with Gasteiger partial charge in [0.1, 0.15) is 5.54 Å². The Morgan fingerprint density at radius 2 is 1.48 bits per heavy atom. The summed E-state index contributed by atoms with van der Waals surface area (Å²) < 4.78 is 0. The molecule has 2 saturated carbocycles. The molecule has 0 bridgehead atoms. The Labute approximate surface area is 127 Å². The van der Waals surface area contributed by atoms with Crippen molar-refractivity contribution in [3.8, 4) is 0 Å². The van der Waals surface area contributed by atoms with Crippen LogP contribution in [-0.2, 0) is 9.59 Å². The average molecular weight is 292 g/mol. The number of nitrogens with zero attached hydrogens (tertiary/aromatic N) is 1. The summed E-state index contributed by atoms with van der Waals surface area (Å²) >= 11 is 0. The lowest BCUT2D eigenvalue weighted by Crippen LogP contribution is -2.62. The van der Waals surface area contributed by atoms with E-state index in [9.17, 15) is 9.59 Å². The van der Waals surface area contributed by atoms with Gasteiger partial charge in [0.2, 0.25) is 11.8 Å². The molecule has 1 spiro atoms. The van der Waals surface area contributed by atoms with Crippen LogP contribution in [0.5, 0.6) is 0 Å². The molecule has 118 valence electrons. The maximum absolute atomic E-state index is 13.3. The molecule has 0 aromatic heterocycles. The second kappa shape index (κ2) is 5.62. The number of carbonyl (C=O) groups is 2. The number of hydrogen-bond acceptors (Lipinski definition) is 2. The molecule has 1 aliphatic heterocycles. The molecular formula is C17H28N2O2. The molecule has 0 atom stereocenters. The molecule has 4 nitrogen and oxygen atoms in total. The van der Waals surface area contributed by atoms with Crippen molar-refractivity contribution in [1.82, 2.24) is 10.2 Å². The van der Waals surface area contributed by atoms with Gasteiger partial charge in [-0.3, -0.25) is 9.59 Å². The predicted molar refractivity (Wildman–Crippen MR) is 81.8 cm³/mol. The fourth-order valence-corrected chi connectivity index (χ4v) is 4.55. The molecule has 0 aromatic rings. The minimum Gasteiger partial charge on any atom is -0.342 e. The van der Waals surface area contributed by atoms with E-state index < -0.39 is 5.54 Å². The van der Waals surface area contributed by atoms with Crippen LogP contribution >= 0.6 is 0 Å². The Kier molecular flexibility index (Phi) is 3.98. The highest BCUT2D eigenvalue weighted by Crippen LogP contribution is 2.39. The van der Waals surface area contributed by atoms with Crippen molar-refractivity contribution in [3.05, 3.63) is 0 Å². The Morgan fingerprint density at radius 1 is 0.905 bits per heavy atom. The third-order valence-electron chi connectivity index (χ3n) is 5.89. The van der Waals surface area contributed by atoms with Gasteiger partial charge in [-0.25, -0.2) is 0 Å². The maximum Gasteiger partial charge on any atom is 0.248 e. The molecular weight excluding hydrogens is 264 g/mol. The van der Waals surface area contributed by atoms with Gasteiger partial charge in [-0.2, -0.15) is 0 Å². The van der Waals surface area contributed by atoms with Crippen molar-refractivity contribution in [1.29, 1.82) is 0 Å². The van der Waals surface area contributed by atoms with Crippen molar-refractivity contribution in [2.45, 2.75) is 88.6 Å². The van der Waals surface area contributed by atoms with E-state index in [4.69, 9.17) is 0 Å². The SMILES string of the molecule is CC1(N2CCC(=O)NC3(CCCCC3)C2=O)CCCCC1. The van der Waals surface area contributed by atoms with Crippen LogP contribution in [0.2, 0.25) is 0 Å². The zero-order chi connectivity index (χ0) is 14.9. The number of hydrogen-bond donors (Lipinski definition) is 1. The van der Waals surface area contributed by atoms with E-state index in [2.05, 4.69) is 17.1 Å². The summed E-state index contributed by atoms with van der Waals surface area (Å²) in [5, 5.41) is 3.10. The van der Waals surface area contributed by atoms with Crippen LogP contribution in [0.4, 0.5) is 0 Å². The van der Waals surface area contributed by atoms with Gasteiger partial charge in [0.25, 0.3) is 0 Å². The fraction of sp³-hybridized carbons (Fsp3) is 0.882. The minimum absolute atomic E-state index is 0.0356. The summed E-state index contributed by atoms with van der Waals surface area (Å²) in [6.45, 7) is 2.83. The first-order chi connectivity index (χ1) is 10.1. The first kappa shape index (κ1) is 14.9. The number of rotatable bonds is 1. The second-order valence-corrected chi connectivity index (χ2v) is 7.46. The maximum atomic E-state index is 13.3. The van der Waals surface area contributed by atoms with E-state index in [0.29, 0.717) is 13.0 Å². The number of nitrogens with one attached hydrogen (secondary N) is 1. The third kappa shape index (κ3) is 2.69. The van der Waals surface area contributed by atoms with Crippen molar-refractivity contribution in [2.24, 2.45) is 0 Å². The molecule has 3 fully saturated rings. The van der Waals surface area contributed by atoms with Crippen LogP contribution in [0.25, 0.3) is 0 Å². The van der Waals surface area contributed by atoms with Crippen LogP contribution in [0.15, 0.2) is 0 Å². The van der Waals surface area contributed by atoms with Crippen molar-refractivity contribution in [2.75, 3.05) is 6.54 Å². The van der Waals surface area contributed by atoms with Gasteiger partial charge in [0.15, 0.2) is 0 Å².